The van der Waals surface area contributed by atoms with Crippen molar-refractivity contribution in [3.63, 3.8) is 0 Å². The van der Waals surface area contributed by atoms with Gasteiger partial charge in [0, 0.05) is 56.7 Å². The minimum Gasteiger partial charge on any atom is -0.444 e. The summed E-state index contributed by atoms with van der Waals surface area (Å²) in [5, 5.41) is 3.45. The van der Waals surface area contributed by atoms with Gasteiger partial charge in [0.1, 0.15) is 5.60 Å². The molecule has 3 fully saturated rings. The van der Waals surface area contributed by atoms with E-state index in [4.69, 9.17) is 16.3 Å². The molecule has 2 aliphatic heterocycles. The molecule has 0 spiro atoms. The van der Waals surface area contributed by atoms with Crippen molar-refractivity contribution in [1.29, 1.82) is 0 Å². The van der Waals surface area contributed by atoms with E-state index in [1.54, 1.807) is 34.3 Å². The third-order valence-electron chi connectivity index (χ3n) is 7.35. The lowest BCUT2D eigenvalue weighted by Gasteiger charge is -2.42. The Hall–Kier alpha value is -3.33. The van der Waals surface area contributed by atoms with Gasteiger partial charge in [0.2, 0.25) is 5.91 Å². The second-order valence-electron chi connectivity index (χ2n) is 11.5. The number of benzene rings is 1. The summed E-state index contributed by atoms with van der Waals surface area (Å²) in [7, 11) is 0. The molecule has 1 aromatic carbocycles. The highest BCUT2D eigenvalue weighted by Crippen LogP contribution is 2.36. The Balaban J connectivity index is 1.46. The molecule has 1 unspecified atom stereocenters. The molecule has 10 heteroatoms. The fourth-order valence-electron chi connectivity index (χ4n) is 5.20. The molecule has 208 valence electrons. The van der Waals surface area contributed by atoms with Crippen LogP contribution in [0.2, 0.25) is 5.02 Å². The van der Waals surface area contributed by atoms with Gasteiger partial charge < -0.3 is 24.8 Å². The van der Waals surface area contributed by atoms with Gasteiger partial charge in [-0.2, -0.15) is 0 Å². The summed E-state index contributed by atoms with van der Waals surface area (Å²) in [4.78, 5) is 49.4. The number of carbonyl (C=O) groups is 3. The number of nitrogens with zero attached hydrogens (tertiary/aromatic N) is 4. The summed E-state index contributed by atoms with van der Waals surface area (Å²) in [6, 6.07) is 6.85. The molecule has 1 atom stereocenters. The molecule has 1 N–H and O–H groups in total. The maximum Gasteiger partial charge on any atom is 0.410 e. The van der Waals surface area contributed by atoms with Crippen LogP contribution in [0.1, 0.15) is 68.4 Å². The molecule has 0 radical (unpaired) electrons. The predicted molar refractivity (Wildman–Crippen MR) is 150 cm³/mol. The fourth-order valence-corrected chi connectivity index (χ4v) is 5.44. The first-order valence-corrected chi connectivity index (χ1v) is 14.1. The summed E-state index contributed by atoms with van der Waals surface area (Å²) in [5.74, 6) is -0.0144. The molecular weight excluding hydrogens is 518 g/mol. The number of rotatable bonds is 5. The Morgan fingerprint density at radius 3 is 2.46 bits per heavy atom. The number of halogens is 1. The van der Waals surface area contributed by atoms with E-state index in [-0.39, 0.29) is 24.3 Å². The molecule has 2 saturated heterocycles. The van der Waals surface area contributed by atoms with Crippen LogP contribution in [0.4, 0.5) is 16.2 Å². The highest BCUT2D eigenvalue weighted by molar-refractivity contribution is 6.31. The maximum absolute atomic E-state index is 14.2. The number of amides is 3. The third-order valence-corrected chi connectivity index (χ3v) is 7.66. The zero-order valence-electron chi connectivity index (χ0n) is 22.8. The average Bonchev–Trinajstić information content (AvgIpc) is 3.61. The topological polar surface area (TPSA) is 95.1 Å². The van der Waals surface area contributed by atoms with Crippen LogP contribution in [-0.4, -0.2) is 71.0 Å². The zero-order valence-corrected chi connectivity index (χ0v) is 23.5. The Kier molecular flexibility index (Phi) is 7.71. The van der Waals surface area contributed by atoms with Gasteiger partial charge in [0.05, 0.1) is 22.3 Å². The molecule has 39 heavy (non-hydrogen) atoms. The maximum atomic E-state index is 14.2. The van der Waals surface area contributed by atoms with E-state index in [0.29, 0.717) is 29.4 Å². The third kappa shape index (κ3) is 6.30. The van der Waals surface area contributed by atoms with Crippen molar-refractivity contribution in [3.8, 4) is 0 Å². The number of piperazine rings is 1. The van der Waals surface area contributed by atoms with Crippen molar-refractivity contribution in [1.82, 2.24) is 14.8 Å². The summed E-state index contributed by atoms with van der Waals surface area (Å²) in [6.45, 7) is 8.11. The number of hydrogen-bond donors (Lipinski definition) is 1. The van der Waals surface area contributed by atoms with Crippen molar-refractivity contribution < 1.29 is 19.1 Å². The Labute approximate surface area is 234 Å². The first-order chi connectivity index (χ1) is 18.6. The van der Waals surface area contributed by atoms with Gasteiger partial charge in [0.15, 0.2) is 0 Å². The lowest BCUT2D eigenvalue weighted by molar-refractivity contribution is -0.117. The van der Waals surface area contributed by atoms with Crippen LogP contribution >= 0.6 is 11.6 Å². The second kappa shape index (κ2) is 11.0. The van der Waals surface area contributed by atoms with E-state index >= 15 is 0 Å². The van der Waals surface area contributed by atoms with Crippen LogP contribution < -0.4 is 10.2 Å². The first-order valence-electron chi connectivity index (χ1n) is 13.7. The van der Waals surface area contributed by atoms with Crippen LogP contribution in [0.5, 0.6) is 0 Å². The number of ether oxygens (including phenoxy) is 1. The molecular formula is C29H36ClN5O4. The first kappa shape index (κ1) is 27.2. The SMILES string of the molecule is CC(C)(C)OC(=O)N1CCN(C(=O)c2ccc(NC(=O)C3CC3)cc2N2CCCC2)C(c2ccncc2Cl)C1. The van der Waals surface area contributed by atoms with E-state index in [2.05, 4.69) is 15.2 Å². The molecule has 2 aromatic rings. The van der Waals surface area contributed by atoms with E-state index < -0.39 is 17.7 Å². The molecule has 0 bridgehead atoms. The number of anilines is 2. The lowest BCUT2D eigenvalue weighted by Crippen LogP contribution is -2.53. The highest BCUT2D eigenvalue weighted by Gasteiger charge is 2.38. The molecule has 1 saturated carbocycles. The minimum atomic E-state index is -0.630. The summed E-state index contributed by atoms with van der Waals surface area (Å²) in [6.07, 6.45) is 6.73. The van der Waals surface area contributed by atoms with Crippen molar-refractivity contribution in [2.45, 2.75) is 58.1 Å². The van der Waals surface area contributed by atoms with Crippen molar-refractivity contribution in [2.75, 3.05) is 42.9 Å². The molecule has 3 aliphatic rings. The smallest absolute Gasteiger partial charge is 0.410 e. The summed E-state index contributed by atoms with van der Waals surface area (Å²) >= 11 is 6.56. The van der Waals surface area contributed by atoms with E-state index in [9.17, 15) is 14.4 Å². The minimum absolute atomic E-state index is 0.0344. The molecule has 3 amide bonds. The van der Waals surface area contributed by atoms with Gasteiger partial charge in [-0.15, -0.1) is 0 Å². The number of pyridine rings is 1. The van der Waals surface area contributed by atoms with Gasteiger partial charge in [-0.1, -0.05) is 11.6 Å². The number of carbonyl (C=O) groups excluding carboxylic acids is 3. The van der Waals surface area contributed by atoms with Crippen LogP contribution in [0.15, 0.2) is 36.7 Å². The van der Waals surface area contributed by atoms with Crippen molar-refractivity contribution >= 4 is 40.9 Å². The normalized spacial score (nSPS) is 19.7. The molecule has 1 aromatic heterocycles. The fraction of sp³-hybridized carbons (Fsp3) is 0.517. The highest BCUT2D eigenvalue weighted by atomic mass is 35.5. The predicted octanol–water partition coefficient (Wildman–Crippen LogP) is 5.12. The summed E-state index contributed by atoms with van der Waals surface area (Å²) in [5.41, 5.74) is 2.19. The Morgan fingerprint density at radius 1 is 1.05 bits per heavy atom. The quantitative estimate of drug-likeness (QED) is 0.552. The molecule has 5 rings (SSSR count). The standard InChI is InChI=1S/C29H36ClN5O4/c1-29(2,3)39-28(38)34-14-15-35(25(18-34)21-10-11-31-17-23(21)30)27(37)22-9-8-20(32-26(36)19-6-7-19)16-24(22)33-12-4-5-13-33/h8-11,16-17,19,25H,4-7,12-15,18H2,1-3H3,(H,32,36). The molecule has 1 aliphatic carbocycles. The second-order valence-corrected chi connectivity index (χ2v) is 11.9. The van der Waals surface area contributed by atoms with Crippen LogP contribution in [0.3, 0.4) is 0 Å². The van der Waals surface area contributed by atoms with E-state index in [1.807, 2.05) is 32.9 Å². The number of nitrogens with one attached hydrogen (secondary N) is 1. The Morgan fingerprint density at radius 2 is 1.79 bits per heavy atom. The number of hydrogen-bond acceptors (Lipinski definition) is 6. The molecule has 9 nitrogen and oxygen atoms in total. The zero-order chi connectivity index (χ0) is 27.7. The van der Waals surface area contributed by atoms with E-state index in [0.717, 1.165) is 50.0 Å². The van der Waals surface area contributed by atoms with Gasteiger partial charge in [-0.3, -0.25) is 14.6 Å². The Bertz CT molecular complexity index is 1250. The molecule has 3 heterocycles. The van der Waals surface area contributed by atoms with Crippen molar-refractivity contribution in [2.24, 2.45) is 5.92 Å². The lowest BCUT2D eigenvalue weighted by atomic mass is 10.0. The van der Waals surface area contributed by atoms with Crippen LogP contribution in [-0.2, 0) is 9.53 Å². The van der Waals surface area contributed by atoms with Gasteiger partial charge in [-0.25, -0.2) is 4.79 Å². The average molecular weight is 554 g/mol. The number of aromatic nitrogens is 1. The van der Waals surface area contributed by atoms with Gasteiger partial charge in [0.25, 0.3) is 5.91 Å². The van der Waals surface area contributed by atoms with Gasteiger partial charge >= 0.3 is 6.09 Å². The monoisotopic (exact) mass is 553 g/mol. The van der Waals surface area contributed by atoms with E-state index in [1.165, 1.54) is 0 Å². The van der Waals surface area contributed by atoms with Crippen molar-refractivity contribution in [3.05, 3.63) is 52.8 Å². The largest absolute Gasteiger partial charge is 0.444 e. The van der Waals surface area contributed by atoms with Crippen LogP contribution in [0.25, 0.3) is 0 Å². The van der Waals surface area contributed by atoms with Crippen LogP contribution in [0, 0.1) is 5.92 Å². The van der Waals surface area contributed by atoms with Gasteiger partial charge in [-0.05, 0) is 76.3 Å². The summed E-state index contributed by atoms with van der Waals surface area (Å²) < 4.78 is 5.62.